The number of carbonyl (C=O) groups excluding carboxylic acids is 1. The summed E-state index contributed by atoms with van der Waals surface area (Å²) in [6, 6.07) is 16.8. The van der Waals surface area contributed by atoms with Gasteiger partial charge in [-0.1, -0.05) is 48.2 Å². The molecule has 178 valence electrons. The van der Waals surface area contributed by atoms with Gasteiger partial charge in [0.15, 0.2) is 5.16 Å². The number of amides is 1. The summed E-state index contributed by atoms with van der Waals surface area (Å²) in [5.41, 5.74) is 4.75. The Hall–Kier alpha value is -2.84. The molecule has 2 heterocycles. The zero-order chi connectivity index (χ0) is 23.5. The zero-order valence-electron chi connectivity index (χ0n) is 19.7. The van der Waals surface area contributed by atoms with Crippen molar-refractivity contribution >= 4 is 23.6 Å². The van der Waals surface area contributed by atoms with E-state index in [9.17, 15) is 4.79 Å². The van der Waals surface area contributed by atoms with Gasteiger partial charge in [0, 0.05) is 13.1 Å². The van der Waals surface area contributed by atoms with Crippen molar-refractivity contribution in [2.24, 2.45) is 0 Å². The fourth-order valence-electron chi connectivity index (χ4n) is 4.70. The van der Waals surface area contributed by atoms with Gasteiger partial charge in [-0.2, -0.15) is 0 Å². The first-order valence-electron chi connectivity index (χ1n) is 12.0. The van der Waals surface area contributed by atoms with Gasteiger partial charge in [-0.15, -0.1) is 10.2 Å². The van der Waals surface area contributed by atoms with E-state index in [-0.39, 0.29) is 17.2 Å². The molecule has 0 radical (unpaired) electrons. The average molecular weight is 478 g/mol. The van der Waals surface area contributed by atoms with Crippen LogP contribution in [-0.2, 0) is 16.0 Å². The van der Waals surface area contributed by atoms with E-state index in [1.54, 1.807) is 0 Å². The number of ether oxygens (including phenoxy) is 1. The molecule has 7 nitrogen and oxygen atoms in total. The van der Waals surface area contributed by atoms with Crippen LogP contribution in [0.4, 0.5) is 5.95 Å². The highest BCUT2D eigenvalue weighted by Gasteiger charge is 2.27. The third kappa shape index (κ3) is 4.83. The molecule has 1 fully saturated rings. The van der Waals surface area contributed by atoms with Crippen molar-refractivity contribution in [1.82, 2.24) is 20.1 Å². The Morgan fingerprint density at radius 3 is 2.79 bits per heavy atom. The first-order chi connectivity index (χ1) is 16.6. The number of nitrogens with one attached hydrogen (secondary N) is 1. The largest absolute Gasteiger partial charge is 0.378 e. The topological polar surface area (TPSA) is 72.3 Å². The summed E-state index contributed by atoms with van der Waals surface area (Å²) < 4.78 is 7.60. The predicted molar refractivity (Wildman–Crippen MR) is 135 cm³/mol. The second kappa shape index (κ2) is 10.2. The quantitative estimate of drug-likeness (QED) is 0.539. The van der Waals surface area contributed by atoms with Crippen LogP contribution >= 0.6 is 11.8 Å². The Kier molecular flexibility index (Phi) is 6.87. The number of aryl methyl sites for hydroxylation is 2. The Morgan fingerprint density at radius 2 is 1.97 bits per heavy atom. The molecule has 1 amide bonds. The number of thioether (sulfide) groups is 1. The number of carbonyl (C=O) groups is 1. The number of hydrogen-bond acceptors (Lipinski definition) is 6. The van der Waals surface area contributed by atoms with Gasteiger partial charge in [-0.25, -0.2) is 0 Å². The molecular weight excluding hydrogens is 446 g/mol. The number of benzene rings is 2. The van der Waals surface area contributed by atoms with Crippen LogP contribution in [0.5, 0.6) is 0 Å². The summed E-state index contributed by atoms with van der Waals surface area (Å²) in [7, 11) is 0. The molecule has 34 heavy (non-hydrogen) atoms. The Bertz CT molecular complexity index is 1160. The minimum absolute atomic E-state index is 0.0263. The number of fused-ring (bicyclic) bond motifs is 1. The van der Waals surface area contributed by atoms with Crippen LogP contribution in [0, 0.1) is 6.92 Å². The van der Waals surface area contributed by atoms with Gasteiger partial charge in [0.1, 0.15) is 0 Å². The summed E-state index contributed by atoms with van der Waals surface area (Å²) in [4.78, 5) is 15.4. The van der Waals surface area contributed by atoms with Crippen LogP contribution < -0.4 is 10.2 Å². The second-order valence-corrected chi connectivity index (χ2v) is 10.3. The van der Waals surface area contributed by atoms with Crippen molar-refractivity contribution in [3.63, 3.8) is 0 Å². The molecule has 5 rings (SSSR count). The SMILES string of the molecule is Cc1cccc(-n2c(S[C@H](C)C(=O)N[C@@H]3CCCc4ccccc43)nnc2N2CCOCC2)c1. The van der Waals surface area contributed by atoms with E-state index in [1.807, 2.05) is 13.0 Å². The van der Waals surface area contributed by atoms with Crippen molar-refractivity contribution in [1.29, 1.82) is 0 Å². The third-order valence-electron chi connectivity index (χ3n) is 6.51. The summed E-state index contributed by atoms with van der Waals surface area (Å²) in [5, 5.41) is 12.8. The first-order valence-corrected chi connectivity index (χ1v) is 12.9. The van der Waals surface area contributed by atoms with Gasteiger partial charge in [0.25, 0.3) is 0 Å². The standard InChI is InChI=1S/C26H31N5O2S/c1-18-7-5-10-21(17-18)31-25(30-13-15-33-16-14-30)28-29-26(31)34-19(2)24(32)27-23-12-6-9-20-8-3-4-11-22(20)23/h3-5,7-8,10-11,17,19,23H,6,9,12-16H2,1-2H3,(H,27,32)/t19-,23-/m1/s1. The number of aromatic nitrogens is 3. The first kappa shape index (κ1) is 22.9. The molecule has 0 saturated carbocycles. The summed E-state index contributed by atoms with van der Waals surface area (Å²) in [6.45, 7) is 6.90. The molecule has 0 bridgehead atoms. The van der Waals surface area contributed by atoms with Crippen molar-refractivity contribution in [2.45, 2.75) is 49.6 Å². The lowest BCUT2D eigenvalue weighted by Gasteiger charge is -2.28. The smallest absolute Gasteiger partial charge is 0.233 e. The lowest BCUT2D eigenvalue weighted by Crippen LogP contribution is -2.38. The molecule has 1 saturated heterocycles. The number of anilines is 1. The number of rotatable bonds is 6. The molecule has 1 N–H and O–H groups in total. The van der Waals surface area contributed by atoms with E-state index < -0.39 is 0 Å². The van der Waals surface area contributed by atoms with E-state index in [0.29, 0.717) is 13.2 Å². The molecule has 8 heteroatoms. The average Bonchev–Trinajstić information content (AvgIpc) is 3.28. The molecule has 2 aromatic carbocycles. The van der Waals surface area contributed by atoms with Crippen molar-refractivity contribution in [2.75, 3.05) is 31.2 Å². The molecule has 1 aliphatic heterocycles. The van der Waals surface area contributed by atoms with E-state index in [4.69, 9.17) is 4.74 Å². The highest BCUT2D eigenvalue weighted by atomic mass is 32.2. The summed E-state index contributed by atoms with van der Waals surface area (Å²) in [6.07, 6.45) is 3.14. The summed E-state index contributed by atoms with van der Waals surface area (Å²) in [5.74, 6) is 0.823. The zero-order valence-corrected chi connectivity index (χ0v) is 20.6. The minimum Gasteiger partial charge on any atom is -0.378 e. The van der Waals surface area contributed by atoms with Gasteiger partial charge in [-0.05, 0) is 61.9 Å². The fourth-order valence-corrected chi connectivity index (χ4v) is 5.58. The van der Waals surface area contributed by atoms with E-state index in [1.165, 1.54) is 22.9 Å². The van der Waals surface area contributed by atoms with Crippen LogP contribution in [0.2, 0.25) is 0 Å². The molecule has 0 spiro atoms. The molecule has 1 aromatic heterocycles. The summed E-state index contributed by atoms with van der Waals surface area (Å²) >= 11 is 1.45. The van der Waals surface area contributed by atoms with Crippen molar-refractivity contribution in [3.8, 4) is 5.69 Å². The predicted octanol–water partition coefficient (Wildman–Crippen LogP) is 4.09. The molecular formula is C26H31N5O2S. The second-order valence-electron chi connectivity index (χ2n) is 8.97. The molecule has 1 aliphatic carbocycles. The lowest BCUT2D eigenvalue weighted by molar-refractivity contribution is -0.121. The maximum absolute atomic E-state index is 13.2. The fraction of sp³-hybridized carbons (Fsp3) is 0.423. The normalized spacial score (nSPS) is 18.9. The van der Waals surface area contributed by atoms with E-state index >= 15 is 0 Å². The maximum atomic E-state index is 13.2. The van der Waals surface area contributed by atoms with Gasteiger partial charge >= 0.3 is 0 Å². The Balaban J connectivity index is 1.37. The number of morpholine rings is 1. The molecule has 2 aliphatic rings. The molecule has 2 atom stereocenters. The van der Waals surface area contributed by atoms with Gasteiger partial charge < -0.3 is 15.0 Å². The van der Waals surface area contributed by atoms with Crippen molar-refractivity contribution < 1.29 is 9.53 Å². The maximum Gasteiger partial charge on any atom is 0.233 e. The highest BCUT2D eigenvalue weighted by Crippen LogP contribution is 2.32. The van der Waals surface area contributed by atoms with Crippen LogP contribution in [0.25, 0.3) is 5.69 Å². The van der Waals surface area contributed by atoms with E-state index in [2.05, 4.69) is 74.4 Å². The van der Waals surface area contributed by atoms with Crippen LogP contribution in [0.3, 0.4) is 0 Å². The van der Waals surface area contributed by atoms with Crippen LogP contribution in [-0.4, -0.2) is 52.2 Å². The van der Waals surface area contributed by atoms with Gasteiger partial charge in [0.05, 0.1) is 30.2 Å². The van der Waals surface area contributed by atoms with Crippen LogP contribution in [0.15, 0.2) is 53.7 Å². The van der Waals surface area contributed by atoms with Gasteiger partial charge in [-0.3, -0.25) is 9.36 Å². The minimum atomic E-state index is -0.306. The monoisotopic (exact) mass is 477 g/mol. The molecule has 3 aromatic rings. The van der Waals surface area contributed by atoms with Crippen molar-refractivity contribution in [3.05, 3.63) is 65.2 Å². The van der Waals surface area contributed by atoms with Gasteiger partial charge in [0.2, 0.25) is 11.9 Å². The Morgan fingerprint density at radius 1 is 1.15 bits per heavy atom. The van der Waals surface area contributed by atoms with E-state index in [0.717, 1.165) is 54.7 Å². The Labute approximate surface area is 204 Å². The highest BCUT2D eigenvalue weighted by molar-refractivity contribution is 8.00. The van der Waals surface area contributed by atoms with Crippen LogP contribution in [0.1, 0.15) is 42.5 Å². The third-order valence-corrected chi connectivity index (χ3v) is 7.55. The number of nitrogens with zero attached hydrogens (tertiary/aromatic N) is 4. The number of hydrogen-bond donors (Lipinski definition) is 1. The molecule has 0 unspecified atom stereocenters. The lowest BCUT2D eigenvalue weighted by atomic mass is 9.88.